The number of benzene rings is 1. The molecule has 1 aliphatic heterocycles. The summed E-state index contributed by atoms with van der Waals surface area (Å²) < 4.78 is 0. The van der Waals surface area contributed by atoms with Gasteiger partial charge in [0.15, 0.2) is 0 Å². The van der Waals surface area contributed by atoms with Crippen molar-refractivity contribution in [1.82, 2.24) is 10.6 Å². The van der Waals surface area contributed by atoms with E-state index in [1.54, 1.807) is 4.90 Å². The second kappa shape index (κ2) is 11.0. The third-order valence-electron chi connectivity index (χ3n) is 7.24. The molecule has 1 heterocycles. The summed E-state index contributed by atoms with van der Waals surface area (Å²) >= 11 is 0. The highest BCUT2D eigenvalue weighted by molar-refractivity contribution is 6.41. The molecular formula is C27H37N3O3. The zero-order chi connectivity index (χ0) is 23.2. The fourth-order valence-corrected chi connectivity index (χ4v) is 5.40. The molecule has 33 heavy (non-hydrogen) atoms. The maximum absolute atomic E-state index is 13.6. The number of unbranched alkanes of at least 4 members (excludes halogenated alkanes) is 1. The van der Waals surface area contributed by atoms with E-state index in [9.17, 15) is 14.4 Å². The van der Waals surface area contributed by atoms with E-state index < -0.39 is 11.8 Å². The van der Waals surface area contributed by atoms with E-state index >= 15 is 0 Å². The van der Waals surface area contributed by atoms with E-state index in [0.29, 0.717) is 12.1 Å². The van der Waals surface area contributed by atoms with Gasteiger partial charge < -0.3 is 15.5 Å². The van der Waals surface area contributed by atoms with Crippen LogP contribution in [0.5, 0.6) is 0 Å². The van der Waals surface area contributed by atoms with Gasteiger partial charge in [0.05, 0.1) is 11.3 Å². The summed E-state index contributed by atoms with van der Waals surface area (Å²) in [5.41, 5.74) is 1.72. The molecule has 0 aromatic heterocycles. The number of para-hydroxylation sites is 1. The Morgan fingerprint density at radius 1 is 0.879 bits per heavy atom. The Kier molecular flexibility index (Phi) is 7.84. The number of fused-ring (bicyclic) bond motifs is 1. The topological polar surface area (TPSA) is 78.5 Å². The molecular weight excluding hydrogens is 414 g/mol. The number of nitrogens with one attached hydrogen (secondary N) is 2. The third-order valence-corrected chi connectivity index (χ3v) is 7.24. The SMILES string of the molecule is CCCCN1C(=O)C(=C(C(=O)NC2CCCCC2)C(=O)NC2CCCCC2)c2ccccc21. The van der Waals surface area contributed by atoms with Gasteiger partial charge in [0.1, 0.15) is 5.57 Å². The Labute approximate surface area is 197 Å². The lowest BCUT2D eigenvalue weighted by molar-refractivity contribution is -0.125. The number of nitrogens with zero attached hydrogens (tertiary/aromatic N) is 1. The summed E-state index contributed by atoms with van der Waals surface area (Å²) in [5, 5.41) is 6.19. The molecule has 1 aromatic carbocycles. The summed E-state index contributed by atoms with van der Waals surface area (Å²) in [6.07, 6.45) is 12.2. The molecule has 3 amide bonds. The fraction of sp³-hybridized carbons (Fsp3) is 0.593. The van der Waals surface area contributed by atoms with Crippen LogP contribution in [0.4, 0.5) is 5.69 Å². The molecule has 3 aliphatic rings. The van der Waals surface area contributed by atoms with Crippen LogP contribution in [0, 0.1) is 0 Å². The first-order valence-corrected chi connectivity index (χ1v) is 12.9. The van der Waals surface area contributed by atoms with Crippen LogP contribution in [-0.4, -0.2) is 36.3 Å². The Hall–Kier alpha value is -2.63. The van der Waals surface area contributed by atoms with Crippen molar-refractivity contribution in [2.24, 2.45) is 0 Å². The molecule has 178 valence electrons. The summed E-state index contributed by atoms with van der Waals surface area (Å²) in [5.74, 6) is -1.06. The predicted octanol–water partition coefficient (Wildman–Crippen LogP) is 4.48. The molecule has 4 rings (SSSR count). The monoisotopic (exact) mass is 451 g/mol. The normalized spacial score (nSPS) is 19.4. The maximum atomic E-state index is 13.6. The molecule has 6 heteroatoms. The summed E-state index contributed by atoms with van der Waals surface area (Å²) in [4.78, 5) is 42.5. The van der Waals surface area contributed by atoms with Crippen LogP contribution in [0.1, 0.15) is 89.5 Å². The minimum atomic E-state index is -0.411. The lowest BCUT2D eigenvalue weighted by Crippen LogP contribution is -2.44. The van der Waals surface area contributed by atoms with Crippen molar-refractivity contribution < 1.29 is 14.4 Å². The molecule has 6 nitrogen and oxygen atoms in total. The lowest BCUT2D eigenvalue weighted by atomic mass is 9.93. The van der Waals surface area contributed by atoms with Crippen molar-refractivity contribution in [3.63, 3.8) is 0 Å². The first-order valence-electron chi connectivity index (χ1n) is 12.9. The first-order chi connectivity index (χ1) is 16.1. The van der Waals surface area contributed by atoms with E-state index in [1.165, 1.54) is 12.8 Å². The Balaban J connectivity index is 1.71. The van der Waals surface area contributed by atoms with Crippen molar-refractivity contribution >= 4 is 29.0 Å². The number of rotatable bonds is 7. The summed E-state index contributed by atoms with van der Waals surface area (Å²) in [7, 11) is 0. The average Bonchev–Trinajstić information content (AvgIpc) is 3.10. The molecule has 1 aromatic rings. The van der Waals surface area contributed by atoms with Gasteiger partial charge in [-0.25, -0.2) is 0 Å². The largest absolute Gasteiger partial charge is 0.349 e. The van der Waals surface area contributed by atoms with Gasteiger partial charge in [-0.3, -0.25) is 14.4 Å². The molecule has 0 atom stereocenters. The van der Waals surface area contributed by atoms with Gasteiger partial charge in [-0.05, 0) is 38.2 Å². The van der Waals surface area contributed by atoms with Gasteiger partial charge >= 0.3 is 0 Å². The zero-order valence-corrected chi connectivity index (χ0v) is 19.8. The van der Waals surface area contributed by atoms with E-state index in [-0.39, 0.29) is 29.1 Å². The molecule has 2 fully saturated rings. The van der Waals surface area contributed by atoms with Crippen LogP contribution in [0.3, 0.4) is 0 Å². The number of carbonyl (C=O) groups excluding carboxylic acids is 3. The lowest BCUT2D eigenvalue weighted by Gasteiger charge is -2.26. The number of carbonyl (C=O) groups is 3. The molecule has 0 radical (unpaired) electrons. The van der Waals surface area contributed by atoms with Gasteiger partial charge in [0.2, 0.25) is 0 Å². The highest BCUT2D eigenvalue weighted by atomic mass is 16.2. The van der Waals surface area contributed by atoms with Gasteiger partial charge in [-0.1, -0.05) is 70.1 Å². The van der Waals surface area contributed by atoms with Gasteiger partial charge in [-0.15, -0.1) is 0 Å². The van der Waals surface area contributed by atoms with Crippen molar-refractivity contribution in [1.29, 1.82) is 0 Å². The average molecular weight is 452 g/mol. The molecule has 2 saturated carbocycles. The van der Waals surface area contributed by atoms with Crippen molar-refractivity contribution in [2.75, 3.05) is 11.4 Å². The standard InChI is InChI=1S/C27H37N3O3/c1-2-3-18-30-22-17-11-10-16-21(22)23(27(30)33)24(25(31)28-19-12-6-4-7-13-19)26(32)29-20-14-8-5-9-15-20/h10-11,16-17,19-20H,2-9,12-15,18H2,1H3,(H,28,31)(H,29,32). The maximum Gasteiger partial charge on any atom is 0.259 e. The van der Waals surface area contributed by atoms with Crippen LogP contribution in [0.15, 0.2) is 29.8 Å². The molecule has 0 spiro atoms. The van der Waals surface area contributed by atoms with Crippen LogP contribution in [0.25, 0.3) is 5.57 Å². The zero-order valence-electron chi connectivity index (χ0n) is 19.8. The van der Waals surface area contributed by atoms with E-state index in [2.05, 4.69) is 17.6 Å². The minimum absolute atomic E-state index is 0.0115. The van der Waals surface area contributed by atoms with Crippen LogP contribution >= 0.6 is 0 Å². The second-order valence-electron chi connectivity index (χ2n) is 9.69. The van der Waals surface area contributed by atoms with Crippen molar-refractivity contribution in [3.05, 3.63) is 35.4 Å². The quantitative estimate of drug-likeness (QED) is 0.364. The molecule has 0 saturated heterocycles. The van der Waals surface area contributed by atoms with Crippen LogP contribution < -0.4 is 15.5 Å². The molecule has 2 N–H and O–H groups in total. The summed E-state index contributed by atoms with van der Waals surface area (Å²) in [6, 6.07) is 7.66. The van der Waals surface area contributed by atoms with Gasteiger partial charge in [0.25, 0.3) is 17.7 Å². The Morgan fingerprint density at radius 3 is 1.97 bits per heavy atom. The second-order valence-corrected chi connectivity index (χ2v) is 9.69. The van der Waals surface area contributed by atoms with Crippen molar-refractivity contribution in [2.45, 2.75) is 96.1 Å². The van der Waals surface area contributed by atoms with Gasteiger partial charge in [0, 0.05) is 24.2 Å². The van der Waals surface area contributed by atoms with Crippen molar-refractivity contribution in [3.8, 4) is 0 Å². The Bertz CT molecular complexity index is 877. The minimum Gasteiger partial charge on any atom is -0.349 e. The third kappa shape index (κ3) is 5.31. The first kappa shape index (κ1) is 23.5. The smallest absolute Gasteiger partial charge is 0.259 e. The number of anilines is 1. The molecule has 2 aliphatic carbocycles. The highest BCUT2D eigenvalue weighted by Gasteiger charge is 2.39. The highest BCUT2D eigenvalue weighted by Crippen LogP contribution is 2.39. The fourth-order valence-electron chi connectivity index (χ4n) is 5.40. The number of amides is 3. The number of hydrogen-bond acceptors (Lipinski definition) is 3. The predicted molar refractivity (Wildman–Crippen MR) is 131 cm³/mol. The van der Waals surface area contributed by atoms with Crippen LogP contribution in [0.2, 0.25) is 0 Å². The number of hydrogen-bond donors (Lipinski definition) is 2. The van der Waals surface area contributed by atoms with Crippen LogP contribution in [-0.2, 0) is 14.4 Å². The molecule has 0 unspecified atom stereocenters. The van der Waals surface area contributed by atoms with E-state index in [1.807, 2.05) is 24.3 Å². The molecule has 0 bridgehead atoms. The van der Waals surface area contributed by atoms with E-state index in [4.69, 9.17) is 0 Å². The summed E-state index contributed by atoms with van der Waals surface area (Å²) in [6.45, 7) is 2.67. The van der Waals surface area contributed by atoms with Gasteiger partial charge in [-0.2, -0.15) is 0 Å². The Morgan fingerprint density at radius 2 is 1.42 bits per heavy atom. The van der Waals surface area contributed by atoms with E-state index in [0.717, 1.165) is 69.9 Å².